The summed E-state index contributed by atoms with van der Waals surface area (Å²) in [6.07, 6.45) is 0. The van der Waals surface area contributed by atoms with Crippen molar-refractivity contribution in [2.24, 2.45) is 7.05 Å². The number of benzene rings is 1. The fourth-order valence-corrected chi connectivity index (χ4v) is 4.41. The highest BCUT2D eigenvalue weighted by Gasteiger charge is 2.32. The molecule has 13 nitrogen and oxygen atoms in total. The zero-order valence-corrected chi connectivity index (χ0v) is 18.4. The lowest BCUT2D eigenvalue weighted by molar-refractivity contribution is -0.730. The molecule has 0 saturated heterocycles. The third kappa shape index (κ3) is 3.45. The van der Waals surface area contributed by atoms with Crippen molar-refractivity contribution in [2.75, 3.05) is 23.9 Å². The SMILES string of the molecule is COc1cc(C(=O)[O-])ccc1NC(=O)c1sc2nc(N)c(C#N)c(-c3c(=O)o[nH][n+]3C)c2c1N. The van der Waals surface area contributed by atoms with E-state index in [1.165, 1.54) is 37.0 Å². The van der Waals surface area contributed by atoms with Crippen LogP contribution in [-0.2, 0) is 7.05 Å². The number of carboxylic acids is 1. The topological polar surface area (TPSA) is 217 Å². The molecule has 1 amide bonds. The maximum Gasteiger partial charge on any atom is 0.435 e. The van der Waals surface area contributed by atoms with Crippen molar-refractivity contribution in [1.82, 2.24) is 10.3 Å². The number of rotatable bonds is 5. The number of nitrogens with two attached hydrogens (primary N) is 2. The Morgan fingerprint density at radius 1 is 1.38 bits per heavy atom. The van der Waals surface area contributed by atoms with Crippen LogP contribution in [0.1, 0.15) is 25.6 Å². The number of thiophene rings is 1. The van der Waals surface area contributed by atoms with Crippen LogP contribution >= 0.6 is 11.3 Å². The number of nitriles is 1. The fourth-order valence-electron chi connectivity index (χ4n) is 3.40. The van der Waals surface area contributed by atoms with Gasteiger partial charge in [0.2, 0.25) is 0 Å². The number of aromatic carboxylic acids is 1. The first-order valence-electron chi connectivity index (χ1n) is 9.38. The summed E-state index contributed by atoms with van der Waals surface area (Å²) in [6, 6.07) is 5.70. The van der Waals surface area contributed by atoms with E-state index in [0.717, 1.165) is 11.3 Å². The lowest BCUT2D eigenvalue weighted by Gasteiger charge is -2.12. The number of nitrogens with zero attached hydrogens (tertiary/aromatic N) is 3. The molecular formula is C20H15N7O6S. The van der Waals surface area contributed by atoms with Crippen LogP contribution in [0.4, 0.5) is 17.2 Å². The molecule has 14 heteroatoms. The summed E-state index contributed by atoms with van der Waals surface area (Å²) in [5, 5.41) is 25.9. The van der Waals surface area contributed by atoms with Gasteiger partial charge in [0.1, 0.15) is 32.9 Å². The largest absolute Gasteiger partial charge is 0.545 e. The molecule has 0 spiro atoms. The van der Waals surface area contributed by atoms with E-state index in [0.29, 0.717) is 0 Å². The normalized spacial score (nSPS) is 10.7. The number of nitrogens with one attached hydrogen (secondary N) is 2. The van der Waals surface area contributed by atoms with E-state index in [9.17, 15) is 24.8 Å². The summed E-state index contributed by atoms with van der Waals surface area (Å²) in [4.78, 5) is 40.9. The van der Waals surface area contributed by atoms with Crippen LogP contribution in [0.3, 0.4) is 0 Å². The summed E-state index contributed by atoms with van der Waals surface area (Å²) in [6.45, 7) is 0. The van der Waals surface area contributed by atoms with Crippen LogP contribution in [0.2, 0.25) is 0 Å². The Morgan fingerprint density at radius 2 is 2.12 bits per heavy atom. The van der Waals surface area contributed by atoms with Crippen LogP contribution in [0.15, 0.2) is 27.5 Å². The maximum absolute atomic E-state index is 13.1. The zero-order valence-electron chi connectivity index (χ0n) is 17.6. The number of carbonyl (C=O) groups is 2. The Balaban J connectivity index is 1.88. The lowest BCUT2D eigenvalue weighted by atomic mass is 10.0. The van der Waals surface area contributed by atoms with Crippen molar-refractivity contribution >= 4 is 50.6 Å². The second-order valence-electron chi connectivity index (χ2n) is 6.93. The third-order valence-corrected chi connectivity index (χ3v) is 6.05. The van der Waals surface area contributed by atoms with Gasteiger partial charge in [-0.05, 0) is 17.4 Å². The summed E-state index contributed by atoms with van der Waals surface area (Å²) in [5.74, 6) is -2.13. The van der Waals surface area contributed by atoms with Gasteiger partial charge in [0, 0.05) is 5.56 Å². The number of aromatic amines is 1. The minimum Gasteiger partial charge on any atom is -0.545 e. The summed E-state index contributed by atoms with van der Waals surface area (Å²) in [5.41, 5.74) is 11.4. The molecule has 0 fully saturated rings. The number of amides is 1. The molecule has 0 aliphatic carbocycles. The molecule has 0 aliphatic heterocycles. The second kappa shape index (κ2) is 8.22. The number of anilines is 3. The van der Waals surface area contributed by atoms with Crippen LogP contribution in [0.5, 0.6) is 5.75 Å². The summed E-state index contributed by atoms with van der Waals surface area (Å²) < 4.78 is 11.2. The van der Waals surface area contributed by atoms with Crippen LogP contribution in [0.25, 0.3) is 21.5 Å². The molecule has 0 aliphatic rings. The van der Waals surface area contributed by atoms with E-state index in [4.69, 9.17) is 20.7 Å². The van der Waals surface area contributed by atoms with Gasteiger partial charge in [-0.1, -0.05) is 10.7 Å². The van der Waals surface area contributed by atoms with Gasteiger partial charge in [0.05, 0.1) is 35.4 Å². The van der Waals surface area contributed by atoms with Gasteiger partial charge >= 0.3 is 11.3 Å². The molecule has 0 atom stereocenters. The number of nitrogen functional groups attached to an aromatic ring is 2. The molecule has 172 valence electrons. The zero-order chi connectivity index (χ0) is 24.7. The van der Waals surface area contributed by atoms with Crippen LogP contribution in [0, 0.1) is 11.3 Å². The molecule has 34 heavy (non-hydrogen) atoms. The van der Waals surface area contributed by atoms with Gasteiger partial charge in [-0.15, -0.1) is 11.3 Å². The molecule has 3 heterocycles. The van der Waals surface area contributed by atoms with E-state index in [1.54, 1.807) is 0 Å². The number of H-pyrrole nitrogens is 1. The minimum atomic E-state index is -1.41. The van der Waals surface area contributed by atoms with Crippen LogP contribution in [-0.4, -0.2) is 29.2 Å². The fraction of sp³-hybridized carbons (Fsp3) is 0.100. The molecule has 0 bridgehead atoms. The van der Waals surface area contributed by atoms with Crippen molar-refractivity contribution in [3.8, 4) is 23.1 Å². The Labute approximate surface area is 193 Å². The van der Waals surface area contributed by atoms with Gasteiger partial charge in [-0.2, -0.15) is 5.26 Å². The lowest BCUT2D eigenvalue weighted by Crippen LogP contribution is -2.34. The average Bonchev–Trinajstić information content (AvgIpc) is 3.31. The number of aromatic nitrogens is 3. The van der Waals surface area contributed by atoms with Gasteiger partial charge in [-0.25, -0.2) is 9.78 Å². The first kappa shape index (κ1) is 22.3. The van der Waals surface area contributed by atoms with E-state index in [1.807, 2.05) is 6.07 Å². The highest BCUT2D eigenvalue weighted by atomic mass is 32.1. The van der Waals surface area contributed by atoms with E-state index in [2.05, 4.69) is 15.6 Å². The molecule has 4 aromatic rings. The number of ether oxygens (including phenoxy) is 1. The van der Waals surface area contributed by atoms with Gasteiger partial charge in [0.25, 0.3) is 5.91 Å². The Kier molecular flexibility index (Phi) is 5.39. The van der Waals surface area contributed by atoms with Gasteiger partial charge in [0.15, 0.2) is 7.05 Å². The Morgan fingerprint density at radius 3 is 2.71 bits per heavy atom. The van der Waals surface area contributed by atoms with Crippen molar-refractivity contribution in [3.63, 3.8) is 0 Å². The molecule has 4 rings (SSSR count). The molecule has 6 N–H and O–H groups in total. The maximum atomic E-state index is 13.1. The number of methoxy groups -OCH3 is 1. The third-order valence-electron chi connectivity index (χ3n) is 4.95. The highest BCUT2D eigenvalue weighted by molar-refractivity contribution is 7.21. The van der Waals surface area contributed by atoms with Crippen molar-refractivity contribution < 1.29 is 28.6 Å². The molecule has 0 unspecified atom stereocenters. The Bertz CT molecular complexity index is 1590. The predicted octanol–water partition coefficient (Wildman–Crippen LogP) is -0.270. The Hall–Kier alpha value is -4.90. The minimum absolute atomic E-state index is 0.0202. The summed E-state index contributed by atoms with van der Waals surface area (Å²) >= 11 is 0.895. The molecule has 0 radical (unpaired) electrons. The second-order valence-corrected chi connectivity index (χ2v) is 7.93. The van der Waals surface area contributed by atoms with Crippen LogP contribution < -0.4 is 36.9 Å². The number of aryl methyl sites for hydroxylation is 1. The van der Waals surface area contributed by atoms with E-state index < -0.39 is 17.5 Å². The monoisotopic (exact) mass is 481 g/mol. The number of fused-ring (bicyclic) bond motifs is 1. The summed E-state index contributed by atoms with van der Waals surface area (Å²) in [7, 11) is 2.80. The standard InChI is InChI=1S/C20H15N7O6S/c1-27-14(20(31)33-26-27)11-8(6-21)16(23)25-18-12(11)13(22)15(34-18)17(28)24-9-4-3-7(19(29)30)5-10(9)32-2/h3-5H,1-2H3,(H6-,22,23,24,25,26,28,29,30,31). The van der Waals surface area contributed by atoms with Crippen molar-refractivity contribution in [3.05, 3.63) is 44.6 Å². The number of pyridine rings is 1. The van der Waals surface area contributed by atoms with Gasteiger partial charge < -0.3 is 31.4 Å². The number of hydrogen-bond donors (Lipinski definition) is 4. The first-order chi connectivity index (χ1) is 16.2. The molecule has 0 saturated carbocycles. The van der Waals surface area contributed by atoms with Crippen molar-refractivity contribution in [1.29, 1.82) is 5.26 Å². The molecule has 3 aromatic heterocycles. The predicted molar refractivity (Wildman–Crippen MR) is 118 cm³/mol. The smallest absolute Gasteiger partial charge is 0.435 e. The quantitative estimate of drug-likeness (QED) is 0.273. The van der Waals surface area contributed by atoms with E-state index >= 15 is 0 Å². The number of carboxylic acid groups (broad SMARTS) is 1. The van der Waals surface area contributed by atoms with E-state index in [-0.39, 0.29) is 60.4 Å². The highest BCUT2D eigenvalue weighted by Crippen LogP contribution is 2.41. The first-order valence-corrected chi connectivity index (χ1v) is 10.2. The van der Waals surface area contributed by atoms with Gasteiger partial charge in [-0.3, -0.25) is 9.32 Å². The molecule has 1 aromatic carbocycles. The number of carbonyl (C=O) groups excluding carboxylic acids is 2. The molecular weight excluding hydrogens is 466 g/mol. The van der Waals surface area contributed by atoms with Crippen molar-refractivity contribution in [2.45, 2.75) is 0 Å². The average molecular weight is 481 g/mol. The number of hydrogen-bond acceptors (Lipinski definition) is 11.